The van der Waals surface area contributed by atoms with Crippen molar-refractivity contribution in [2.75, 3.05) is 18.0 Å². The third-order valence-electron chi connectivity index (χ3n) is 4.67. The number of benzene rings is 1. The number of aromatic nitrogens is 1. The molecule has 0 atom stereocenters. The molecule has 1 aliphatic carbocycles. The molecule has 2 aliphatic rings. The molecule has 4 rings (SSSR count). The molecule has 1 spiro atoms. The van der Waals surface area contributed by atoms with E-state index in [1.54, 1.807) is 6.07 Å². The maximum atomic E-state index is 13.3. The van der Waals surface area contributed by atoms with Crippen molar-refractivity contribution >= 4 is 17.1 Å². The summed E-state index contributed by atoms with van der Waals surface area (Å²) in [7, 11) is 0. The van der Waals surface area contributed by atoms with Crippen molar-refractivity contribution in [1.29, 1.82) is 0 Å². The van der Waals surface area contributed by atoms with Crippen molar-refractivity contribution in [2.45, 2.75) is 50.7 Å². The molecule has 2 heterocycles. The highest BCUT2D eigenvalue weighted by Crippen LogP contribution is 2.42. The molecule has 1 saturated carbocycles. The summed E-state index contributed by atoms with van der Waals surface area (Å²) in [5, 5.41) is 0. The van der Waals surface area contributed by atoms with Crippen molar-refractivity contribution in [3.05, 3.63) is 24.0 Å². The van der Waals surface area contributed by atoms with Gasteiger partial charge in [-0.05, 0) is 38.8 Å². The van der Waals surface area contributed by atoms with Gasteiger partial charge in [0.25, 0.3) is 6.01 Å². The van der Waals surface area contributed by atoms with E-state index in [-0.39, 0.29) is 17.0 Å². The van der Waals surface area contributed by atoms with Gasteiger partial charge in [0.05, 0.1) is 24.3 Å². The number of oxazole rings is 1. The summed E-state index contributed by atoms with van der Waals surface area (Å²) in [5.74, 6) is -0.290. The molecule has 1 aliphatic heterocycles. The summed E-state index contributed by atoms with van der Waals surface area (Å²) >= 11 is 0. The molecule has 118 valence electrons. The van der Waals surface area contributed by atoms with Gasteiger partial charge in [0.1, 0.15) is 11.3 Å². The molecule has 2 aromatic rings. The summed E-state index contributed by atoms with van der Waals surface area (Å²) < 4.78 is 25.6. The smallest absolute Gasteiger partial charge is 0.298 e. The van der Waals surface area contributed by atoms with Crippen molar-refractivity contribution in [1.82, 2.24) is 4.98 Å². The maximum Gasteiger partial charge on any atom is 0.298 e. The summed E-state index contributed by atoms with van der Waals surface area (Å²) in [6, 6.07) is 5.03. The molecule has 0 amide bonds. The number of fused-ring (bicyclic) bond motifs is 1. The van der Waals surface area contributed by atoms with Crippen LogP contribution in [0, 0.1) is 5.82 Å². The highest BCUT2D eigenvalue weighted by atomic mass is 19.1. The fourth-order valence-electron chi connectivity index (χ4n) is 3.95. The number of morpholine rings is 1. The van der Waals surface area contributed by atoms with Crippen LogP contribution >= 0.6 is 0 Å². The minimum Gasteiger partial charge on any atom is -0.423 e. The van der Waals surface area contributed by atoms with Gasteiger partial charge in [-0.2, -0.15) is 4.98 Å². The second-order valence-corrected chi connectivity index (χ2v) is 7.22. The summed E-state index contributed by atoms with van der Waals surface area (Å²) in [5.41, 5.74) is 0.864. The van der Waals surface area contributed by atoms with E-state index in [1.807, 2.05) is 0 Å². The SMILES string of the molecule is CC1(C)CN(c2nc3cc(F)ccc3o2)CC2(CCCC2)O1. The zero-order valence-electron chi connectivity index (χ0n) is 13.1. The van der Waals surface area contributed by atoms with E-state index in [0.29, 0.717) is 17.1 Å². The Hall–Kier alpha value is -1.62. The number of hydrogen-bond donors (Lipinski definition) is 0. The largest absolute Gasteiger partial charge is 0.423 e. The third-order valence-corrected chi connectivity index (χ3v) is 4.67. The van der Waals surface area contributed by atoms with Crippen LogP contribution in [0.4, 0.5) is 10.4 Å². The van der Waals surface area contributed by atoms with Crippen molar-refractivity contribution in [2.24, 2.45) is 0 Å². The molecular formula is C17H21FN2O2. The van der Waals surface area contributed by atoms with Crippen LogP contribution in [-0.4, -0.2) is 29.3 Å². The molecule has 0 N–H and O–H groups in total. The molecule has 2 fully saturated rings. The predicted octanol–water partition coefficient (Wildman–Crippen LogP) is 3.89. The Bertz CT molecular complexity index is 704. The molecular weight excluding hydrogens is 283 g/mol. The van der Waals surface area contributed by atoms with Gasteiger partial charge in [-0.3, -0.25) is 0 Å². The monoisotopic (exact) mass is 304 g/mol. The van der Waals surface area contributed by atoms with Crippen molar-refractivity contribution in [3.8, 4) is 0 Å². The molecule has 1 saturated heterocycles. The van der Waals surface area contributed by atoms with E-state index in [2.05, 4.69) is 23.7 Å². The van der Waals surface area contributed by atoms with Gasteiger partial charge in [0.15, 0.2) is 5.58 Å². The fraction of sp³-hybridized carbons (Fsp3) is 0.588. The molecule has 1 aromatic heterocycles. The first-order valence-electron chi connectivity index (χ1n) is 7.96. The first kappa shape index (κ1) is 14.0. The van der Waals surface area contributed by atoms with E-state index in [0.717, 1.165) is 25.9 Å². The van der Waals surface area contributed by atoms with Gasteiger partial charge in [-0.1, -0.05) is 12.8 Å². The lowest BCUT2D eigenvalue weighted by Gasteiger charge is -2.48. The Morgan fingerprint density at radius 2 is 1.95 bits per heavy atom. The highest BCUT2D eigenvalue weighted by molar-refractivity contribution is 5.74. The average molecular weight is 304 g/mol. The number of halogens is 1. The van der Waals surface area contributed by atoms with Crippen molar-refractivity contribution < 1.29 is 13.5 Å². The quantitative estimate of drug-likeness (QED) is 0.801. The van der Waals surface area contributed by atoms with Crippen molar-refractivity contribution in [3.63, 3.8) is 0 Å². The van der Waals surface area contributed by atoms with Gasteiger partial charge in [0.2, 0.25) is 0 Å². The Morgan fingerprint density at radius 1 is 1.18 bits per heavy atom. The average Bonchev–Trinajstić information content (AvgIpc) is 3.03. The second-order valence-electron chi connectivity index (χ2n) is 7.22. The van der Waals surface area contributed by atoms with Gasteiger partial charge in [0, 0.05) is 6.07 Å². The normalized spacial score (nSPS) is 23.5. The van der Waals surface area contributed by atoms with Crippen LogP contribution in [0.2, 0.25) is 0 Å². The fourth-order valence-corrected chi connectivity index (χ4v) is 3.95. The molecule has 0 unspecified atom stereocenters. The maximum absolute atomic E-state index is 13.3. The summed E-state index contributed by atoms with van der Waals surface area (Å²) in [4.78, 5) is 6.64. The van der Waals surface area contributed by atoms with E-state index in [9.17, 15) is 4.39 Å². The Labute approximate surface area is 129 Å². The molecule has 1 aromatic carbocycles. The van der Waals surface area contributed by atoms with Crippen LogP contribution in [-0.2, 0) is 4.74 Å². The highest BCUT2D eigenvalue weighted by Gasteiger charge is 2.46. The predicted molar refractivity (Wildman–Crippen MR) is 82.5 cm³/mol. The van der Waals surface area contributed by atoms with Crippen LogP contribution in [0.1, 0.15) is 39.5 Å². The molecule has 4 nitrogen and oxygen atoms in total. The molecule has 5 heteroatoms. The first-order valence-corrected chi connectivity index (χ1v) is 7.96. The lowest BCUT2D eigenvalue weighted by molar-refractivity contribution is -0.149. The number of nitrogens with zero attached hydrogens (tertiary/aromatic N) is 2. The minimum atomic E-state index is -0.290. The topological polar surface area (TPSA) is 38.5 Å². The number of ether oxygens (including phenoxy) is 1. The molecule has 22 heavy (non-hydrogen) atoms. The first-order chi connectivity index (χ1) is 10.4. The van der Waals surface area contributed by atoms with Gasteiger partial charge in [-0.15, -0.1) is 0 Å². The lowest BCUT2D eigenvalue weighted by Crippen LogP contribution is -2.58. The van der Waals surface area contributed by atoms with E-state index < -0.39 is 0 Å². The minimum absolute atomic E-state index is 0.0896. The Kier molecular flexibility index (Phi) is 2.98. The van der Waals surface area contributed by atoms with Gasteiger partial charge in [-0.25, -0.2) is 4.39 Å². The van der Waals surface area contributed by atoms with Gasteiger partial charge < -0.3 is 14.1 Å². The lowest BCUT2D eigenvalue weighted by atomic mass is 9.94. The van der Waals surface area contributed by atoms with Gasteiger partial charge >= 0.3 is 0 Å². The molecule has 0 radical (unpaired) electrons. The third kappa shape index (κ3) is 2.37. The number of anilines is 1. The van der Waals surface area contributed by atoms with E-state index in [1.165, 1.54) is 25.0 Å². The summed E-state index contributed by atoms with van der Waals surface area (Å²) in [6.07, 6.45) is 4.59. The van der Waals surface area contributed by atoms with Crippen LogP contribution in [0.15, 0.2) is 22.6 Å². The zero-order valence-corrected chi connectivity index (χ0v) is 13.1. The van der Waals surface area contributed by atoms with E-state index in [4.69, 9.17) is 9.15 Å². The Morgan fingerprint density at radius 3 is 2.73 bits per heavy atom. The second kappa shape index (κ2) is 4.69. The standard InChI is InChI=1S/C17H21FN2O2/c1-16(2)10-20(11-17(22-16)7-3-4-8-17)15-19-13-9-12(18)5-6-14(13)21-15/h5-6,9H,3-4,7-8,10-11H2,1-2H3. The van der Waals surface area contributed by atoms with Crippen LogP contribution < -0.4 is 4.90 Å². The Balaban J connectivity index is 1.70. The number of hydrogen-bond acceptors (Lipinski definition) is 4. The zero-order chi connectivity index (χ0) is 15.4. The van der Waals surface area contributed by atoms with Crippen LogP contribution in [0.25, 0.3) is 11.1 Å². The summed E-state index contributed by atoms with van der Waals surface area (Å²) in [6.45, 7) is 5.75. The van der Waals surface area contributed by atoms with Crippen LogP contribution in [0.5, 0.6) is 0 Å². The molecule has 0 bridgehead atoms. The van der Waals surface area contributed by atoms with E-state index >= 15 is 0 Å². The number of rotatable bonds is 1. The van der Waals surface area contributed by atoms with Crippen LogP contribution in [0.3, 0.4) is 0 Å².